The standard InChI is InChI=1S/C14H23NO4/c1-17-9-10-19-8-7-15-11-14(16)12-3-5-13(18-2)6-4-12/h3-6,14-16H,7-11H2,1-2H3. The van der Waals surface area contributed by atoms with E-state index >= 15 is 0 Å². The first-order valence-electron chi connectivity index (χ1n) is 6.37. The number of aliphatic hydroxyl groups is 1. The molecule has 2 N–H and O–H groups in total. The van der Waals surface area contributed by atoms with Crippen molar-refractivity contribution in [2.75, 3.05) is 47.1 Å². The van der Waals surface area contributed by atoms with E-state index in [1.54, 1.807) is 14.2 Å². The van der Waals surface area contributed by atoms with Gasteiger partial charge in [-0.25, -0.2) is 0 Å². The van der Waals surface area contributed by atoms with E-state index in [1.807, 2.05) is 24.3 Å². The first-order valence-corrected chi connectivity index (χ1v) is 6.37. The second-order valence-electron chi connectivity index (χ2n) is 4.10. The van der Waals surface area contributed by atoms with Crippen molar-refractivity contribution in [1.82, 2.24) is 5.32 Å². The molecule has 1 aromatic rings. The van der Waals surface area contributed by atoms with Gasteiger partial charge in [-0.1, -0.05) is 12.1 Å². The number of nitrogens with one attached hydrogen (secondary N) is 1. The quantitative estimate of drug-likeness (QED) is 0.620. The number of methoxy groups -OCH3 is 2. The predicted molar refractivity (Wildman–Crippen MR) is 73.5 cm³/mol. The van der Waals surface area contributed by atoms with Gasteiger partial charge in [-0.05, 0) is 17.7 Å². The third kappa shape index (κ3) is 6.54. The number of ether oxygens (including phenoxy) is 3. The van der Waals surface area contributed by atoms with Crippen molar-refractivity contribution < 1.29 is 19.3 Å². The van der Waals surface area contributed by atoms with Crippen LogP contribution in [0.2, 0.25) is 0 Å². The van der Waals surface area contributed by atoms with Gasteiger partial charge in [0.25, 0.3) is 0 Å². The van der Waals surface area contributed by atoms with Crippen molar-refractivity contribution >= 4 is 0 Å². The lowest BCUT2D eigenvalue weighted by Crippen LogP contribution is -2.25. The van der Waals surface area contributed by atoms with Gasteiger partial charge in [0.05, 0.1) is 33.0 Å². The van der Waals surface area contributed by atoms with Gasteiger partial charge in [-0.15, -0.1) is 0 Å². The van der Waals surface area contributed by atoms with Crippen LogP contribution in [0.25, 0.3) is 0 Å². The summed E-state index contributed by atoms with van der Waals surface area (Å²) >= 11 is 0. The Morgan fingerprint density at radius 2 is 1.84 bits per heavy atom. The minimum atomic E-state index is -0.523. The van der Waals surface area contributed by atoms with E-state index in [-0.39, 0.29) is 0 Å². The summed E-state index contributed by atoms with van der Waals surface area (Å²) in [6.45, 7) is 3.02. The van der Waals surface area contributed by atoms with E-state index in [4.69, 9.17) is 14.2 Å². The largest absolute Gasteiger partial charge is 0.497 e. The molecule has 0 aromatic heterocycles. The van der Waals surface area contributed by atoms with Crippen molar-refractivity contribution in [3.63, 3.8) is 0 Å². The molecule has 19 heavy (non-hydrogen) atoms. The van der Waals surface area contributed by atoms with Crippen LogP contribution < -0.4 is 10.1 Å². The zero-order valence-electron chi connectivity index (χ0n) is 11.6. The van der Waals surface area contributed by atoms with Crippen LogP contribution >= 0.6 is 0 Å². The highest BCUT2D eigenvalue weighted by atomic mass is 16.5. The zero-order valence-corrected chi connectivity index (χ0v) is 11.6. The molecule has 108 valence electrons. The molecule has 0 spiro atoms. The van der Waals surface area contributed by atoms with Crippen LogP contribution in [0.1, 0.15) is 11.7 Å². The van der Waals surface area contributed by atoms with Gasteiger partial charge in [0.15, 0.2) is 0 Å². The van der Waals surface area contributed by atoms with Crippen molar-refractivity contribution in [1.29, 1.82) is 0 Å². The average molecular weight is 269 g/mol. The summed E-state index contributed by atoms with van der Waals surface area (Å²) in [5.74, 6) is 0.787. The predicted octanol–water partition coefficient (Wildman–Crippen LogP) is 0.981. The molecule has 5 heteroatoms. The molecule has 5 nitrogen and oxygen atoms in total. The summed E-state index contributed by atoms with van der Waals surface area (Å²) in [6, 6.07) is 7.40. The van der Waals surface area contributed by atoms with E-state index in [9.17, 15) is 5.11 Å². The third-order valence-corrected chi connectivity index (χ3v) is 2.69. The van der Waals surface area contributed by atoms with Gasteiger partial charge < -0.3 is 24.6 Å². The third-order valence-electron chi connectivity index (χ3n) is 2.69. The Bertz CT molecular complexity index is 329. The van der Waals surface area contributed by atoms with E-state index in [2.05, 4.69) is 5.32 Å². The second kappa shape index (κ2) is 9.75. The monoisotopic (exact) mass is 269 g/mol. The molecule has 0 radical (unpaired) electrons. The lowest BCUT2D eigenvalue weighted by Gasteiger charge is -2.12. The van der Waals surface area contributed by atoms with Gasteiger partial charge >= 0.3 is 0 Å². The molecule has 0 bridgehead atoms. The summed E-state index contributed by atoms with van der Waals surface area (Å²) in [4.78, 5) is 0. The Morgan fingerprint density at radius 3 is 2.47 bits per heavy atom. The van der Waals surface area contributed by atoms with E-state index in [0.717, 1.165) is 11.3 Å². The molecule has 0 aliphatic rings. The molecule has 1 atom stereocenters. The van der Waals surface area contributed by atoms with Crippen molar-refractivity contribution in [3.8, 4) is 5.75 Å². The number of hydrogen-bond donors (Lipinski definition) is 2. The van der Waals surface area contributed by atoms with Crippen molar-refractivity contribution in [2.24, 2.45) is 0 Å². The Morgan fingerprint density at radius 1 is 1.11 bits per heavy atom. The number of hydrogen-bond acceptors (Lipinski definition) is 5. The molecule has 0 heterocycles. The van der Waals surface area contributed by atoms with E-state index in [1.165, 1.54) is 0 Å². The minimum absolute atomic E-state index is 0.500. The lowest BCUT2D eigenvalue weighted by atomic mass is 10.1. The highest BCUT2D eigenvalue weighted by Crippen LogP contribution is 2.16. The topological polar surface area (TPSA) is 60.0 Å². The van der Waals surface area contributed by atoms with Crippen LogP contribution in [0.4, 0.5) is 0 Å². The van der Waals surface area contributed by atoms with Crippen LogP contribution in [-0.2, 0) is 9.47 Å². The maximum absolute atomic E-state index is 9.96. The number of rotatable bonds is 10. The molecular formula is C14H23NO4. The maximum atomic E-state index is 9.96. The SMILES string of the molecule is COCCOCCNCC(O)c1ccc(OC)cc1. The first kappa shape index (κ1) is 15.9. The second-order valence-corrected chi connectivity index (χ2v) is 4.10. The molecule has 0 aliphatic carbocycles. The highest BCUT2D eigenvalue weighted by molar-refractivity contribution is 5.28. The van der Waals surface area contributed by atoms with Crippen LogP contribution in [0.15, 0.2) is 24.3 Å². The lowest BCUT2D eigenvalue weighted by molar-refractivity contribution is 0.0703. The van der Waals surface area contributed by atoms with Gasteiger partial charge in [-0.3, -0.25) is 0 Å². The Hall–Kier alpha value is -1.14. The fraction of sp³-hybridized carbons (Fsp3) is 0.571. The van der Waals surface area contributed by atoms with E-state index < -0.39 is 6.10 Å². The minimum Gasteiger partial charge on any atom is -0.497 e. The van der Waals surface area contributed by atoms with Crippen LogP contribution in [0.3, 0.4) is 0 Å². The fourth-order valence-electron chi connectivity index (χ4n) is 1.57. The van der Waals surface area contributed by atoms with Crippen LogP contribution in [0.5, 0.6) is 5.75 Å². The number of aliphatic hydroxyl groups excluding tert-OH is 1. The van der Waals surface area contributed by atoms with Gasteiger partial charge in [0.1, 0.15) is 5.75 Å². The van der Waals surface area contributed by atoms with Gasteiger partial charge in [-0.2, -0.15) is 0 Å². The Labute approximate surface area is 114 Å². The van der Waals surface area contributed by atoms with Gasteiger partial charge in [0.2, 0.25) is 0 Å². The van der Waals surface area contributed by atoms with Gasteiger partial charge in [0, 0.05) is 20.2 Å². The summed E-state index contributed by atoms with van der Waals surface area (Å²) in [6.07, 6.45) is -0.523. The molecular weight excluding hydrogens is 246 g/mol. The summed E-state index contributed by atoms with van der Waals surface area (Å²) < 4.78 is 15.2. The number of benzene rings is 1. The van der Waals surface area contributed by atoms with Crippen LogP contribution in [-0.4, -0.2) is 52.2 Å². The summed E-state index contributed by atoms with van der Waals surface area (Å²) in [7, 11) is 3.27. The molecule has 0 saturated heterocycles. The first-order chi connectivity index (χ1) is 9.27. The van der Waals surface area contributed by atoms with Crippen LogP contribution in [0, 0.1) is 0 Å². The molecule has 1 rings (SSSR count). The van der Waals surface area contributed by atoms with Crippen molar-refractivity contribution in [2.45, 2.75) is 6.10 Å². The average Bonchev–Trinajstić information content (AvgIpc) is 2.46. The van der Waals surface area contributed by atoms with Crippen molar-refractivity contribution in [3.05, 3.63) is 29.8 Å². The van der Waals surface area contributed by atoms with E-state index in [0.29, 0.717) is 32.9 Å². The molecule has 0 fully saturated rings. The molecule has 0 saturated carbocycles. The maximum Gasteiger partial charge on any atom is 0.118 e. The Kier molecular flexibility index (Phi) is 8.16. The smallest absolute Gasteiger partial charge is 0.118 e. The highest BCUT2D eigenvalue weighted by Gasteiger charge is 2.06. The molecule has 1 aromatic carbocycles. The summed E-state index contributed by atoms with van der Waals surface area (Å²) in [5, 5.41) is 13.1. The summed E-state index contributed by atoms with van der Waals surface area (Å²) in [5.41, 5.74) is 0.869. The Balaban J connectivity index is 2.14. The molecule has 0 amide bonds. The molecule has 0 aliphatic heterocycles. The molecule has 1 unspecified atom stereocenters. The zero-order chi connectivity index (χ0) is 13.9. The normalized spacial score (nSPS) is 12.4. The fourth-order valence-corrected chi connectivity index (χ4v) is 1.57.